The molecule has 0 spiro atoms. The molecule has 0 aromatic heterocycles. The van der Waals surface area contributed by atoms with E-state index in [0.29, 0.717) is 0 Å². The minimum absolute atomic E-state index is 0.266. The number of benzene rings is 2. The van der Waals surface area contributed by atoms with Crippen LogP contribution in [0.2, 0.25) is 0 Å². The Morgan fingerprint density at radius 3 is 2.65 bits per heavy atom. The Morgan fingerprint density at radius 1 is 1.10 bits per heavy atom. The second-order valence-electron chi connectivity index (χ2n) is 5.12. The van der Waals surface area contributed by atoms with Crippen molar-refractivity contribution < 1.29 is 4.92 Å². The minimum atomic E-state index is -0.272. The van der Waals surface area contributed by atoms with E-state index in [0.717, 1.165) is 37.2 Å². The van der Waals surface area contributed by atoms with Crippen molar-refractivity contribution in [2.75, 3.05) is 6.54 Å². The van der Waals surface area contributed by atoms with Crippen LogP contribution in [0, 0.1) is 10.1 Å². The van der Waals surface area contributed by atoms with Crippen molar-refractivity contribution in [3.05, 3.63) is 75.3 Å². The zero-order valence-corrected chi connectivity index (χ0v) is 11.2. The molecule has 0 amide bonds. The Bertz CT molecular complexity index is 626. The number of rotatable bonds is 3. The van der Waals surface area contributed by atoms with Crippen LogP contribution in [0.5, 0.6) is 0 Å². The van der Waals surface area contributed by atoms with Crippen molar-refractivity contribution in [3.63, 3.8) is 0 Å². The van der Waals surface area contributed by atoms with Gasteiger partial charge in [0.25, 0.3) is 5.69 Å². The molecule has 0 atom stereocenters. The van der Waals surface area contributed by atoms with Crippen LogP contribution in [0.4, 0.5) is 5.69 Å². The summed E-state index contributed by atoms with van der Waals surface area (Å²) in [5.41, 5.74) is 3.53. The molecule has 2 aromatic rings. The van der Waals surface area contributed by atoms with Crippen LogP contribution >= 0.6 is 0 Å². The second kappa shape index (κ2) is 5.43. The highest BCUT2D eigenvalue weighted by Crippen LogP contribution is 2.28. The van der Waals surface area contributed by atoms with E-state index >= 15 is 0 Å². The van der Waals surface area contributed by atoms with Crippen molar-refractivity contribution in [3.8, 4) is 0 Å². The normalized spacial score (nSPS) is 14.8. The van der Waals surface area contributed by atoms with Crippen LogP contribution in [0.1, 0.15) is 16.7 Å². The van der Waals surface area contributed by atoms with E-state index < -0.39 is 0 Å². The first-order valence-electron chi connectivity index (χ1n) is 6.75. The van der Waals surface area contributed by atoms with Gasteiger partial charge in [0.1, 0.15) is 0 Å². The standard InChI is InChI=1S/C16H16N2O2/c19-18(20)16-8-4-7-14-12-17(10-9-15(14)16)11-13-5-2-1-3-6-13/h1-8H,9-12H2. The van der Waals surface area contributed by atoms with Crippen molar-refractivity contribution in [2.24, 2.45) is 0 Å². The van der Waals surface area contributed by atoms with Crippen LogP contribution in [0.3, 0.4) is 0 Å². The van der Waals surface area contributed by atoms with Gasteiger partial charge in [-0.15, -0.1) is 0 Å². The third-order valence-corrected chi connectivity index (χ3v) is 3.77. The lowest BCUT2D eigenvalue weighted by atomic mass is 9.97. The van der Waals surface area contributed by atoms with Gasteiger partial charge in [0.05, 0.1) is 4.92 Å². The van der Waals surface area contributed by atoms with E-state index in [4.69, 9.17) is 0 Å². The third-order valence-electron chi connectivity index (χ3n) is 3.77. The summed E-state index contributed by atoms with van der Waals surface area (Å²) < 4.78 is 0. The summed E-state index contributed by atoms with van der Waals surface area (Å²) in [7, 11) is 0. The quantitative estimate of drug-likeness (QED) is 0.634. The number of hydrogen-bond acceptors (Lipinski definition) is 3. The molecule has 0 unspecified atom stereocenters. The maximum Gasteiger partial charge on any atom is 0.272 e. The van der Waals surface area contributed by atoms with Crippen LogP contribution in [0.15, 0.2) is 48.5 Å². The molecular formula is C16H16N2O2. The third kappa shape index (κ3) is 2.56. The van der Waals surface area contributed by atoms with E-state index in [1.165, 1.54) is 5.56 Å². The predicted octanol–water partition coefficient (Wildman–Crippen LogP) is 3.15. The lowest BCUT2D eigenvalue weighted by Crippen LogP contribution is -2.30. The molecule has 102 valence electrons. The van der Waals surface area contributed by atoms with Crippen molar-refractivity contribution >= 4 is 5.69 Å². The second-order valence-corrected chi connectivity index (χ2v) is 5.12. The highest BCUT2D eigenvalue weighted by atomic mass is 16.6. The van der Waals surface area contributed by atoms with Crippen LogP contribution in [0.25, 0.3) is 0 Å². The lowest BCUT2D eigenvalue weighted by molar-refractivity contribution is -0.385. The molecule has 2 aromatic carbocycles. The van der Waals surface area contributed by atoms with Crippen molar-refractivity contribution in [1.29, 1.82) is 0 Å². The maximum atomic E-state index is 11.0. The molecule has 0 bridgehead atoms. The summed E-state index contributed by atoms with van der Waals surface area (Å²) in [5, 5.41) is 11.0. The van der Waals surface area contributed by atoms with Crippen LogP contribution < -0.4 is 0 Å². The van der Waals surface area contributed by atoms with Gasteiger partial charge in [0.2, 0.25) is 0 Å². The topological polar surface area (TPSA) is 46.4 Å². The highest BCUT2D eigenvalue weighted by Gasteiger charge is 2.23. The molecule has 0 radical (unpaired) electrons. The van der Waals surface area contributed by atoms with Gasteiger partial charge in [-0.1, -0.05) is 42.5 Å². The summed E-state index contributed by atoms with van der Waals surface area (Å²) in [4.78, 5) is 13.1. The largest absolute Gasteiger partial charge is 0.294 e. The first-order valence-corrected chi connectivity index (χ1v) is 6.75. The predicted molar refractivity (Wildman–Crippen MR) is 77.4 cm³/mol. The molecule has 1 aliphatic heterocycles. The smallest absolute Gasteiger partial charge is 0.272 e. The first kappa shape index (κ1) is 12.8. The number of nitro benzene ring substituents is 1. The van der Waals surface area contributed by atoms with Crippen LogP contribution in [-0.4, -0.2) is 16.4 Å². The molecule has 20 heavy (non-hydrogen) atoms. The summed E-state index contributed by atoms with van der Waals surface area (Å²) in [6, 6.07) is 15.7. The van der Waals surface area contributed by atoms with Gasteiger partial charge in [0, 0.05) is 31.3 Å². The fraction of sp³-hybridized carbons (Fsp3) is 0.250. The molecule has 0 fully saturated rings. The molecule has 1 heterocycles. The molecule has 1 aliphatic rings. The molecular weight excluding hydrogens is 252 g/mol. The summed E-state index contributed by atoms with van der Waals surface area (Å²) in [6.45, 7) is 2.54. The average Bonchev–Trinajstić information content (AvgIpc) is 2.47. The monoisotopic (exact) mass is 268 g/mol. The van der Waals surface area contributed by atoms with Crippen molar-refractivity contribution in [2.45, 2.75) is 19.5 Å². The van der Waals surface area contributed by atoms with E-state index in [1.54, 1.807) is 12.1 Å². The number of nitro groups is 1. The van der Waals surface area contributed by atoms with E-state index in [1.807, 2.05) is 24.3 Å². The van der Waals surface area contributed by atoms with Gasteiger partial charge in [-0.05, 0) is 17.5 Å². The van der Waals surface area contributed by atoms with Gasteiger partial charge in [-0.3, -0.25) is 15.0 Å². The average molecular weight is 268 g/mol. The molecule has 0 N–H and O–H groups in total. The Hall–Kier alpha value is -2.20. The zero-order valence-electron chi connectivity index (χ0n) is 11.2. The minimum Gasteiger partial charge on any atom is -0.294 e. The number of hydrogen-bond donors (Lipinski definition) is 0. The Labute approximate surface area is 117 Å². The SMILES string of the molecule is O=[N+]([O-])c1cccc2c1CCN(Cc1ccccc1)C2. The van der Waals surface area contributed by atoms with E-state index in [-0.39, 0.29) is 10.6 Å². The lowest BCUT2D eigenvalue weighted by Gasteiger charge is -2.28. The van der Waals surface area contributed by atoms with Crippen LogP contribution in [-0.2, 0) is 19.5 Å². The summed E-state index contributed by atoms with van der Waals surface area (Å²) in [5.74, 6) is 0. The molecule has 4 heteroatoms. The fourth-order valence-corrected chi connectivity index (χ4v) is 2.80. The summed E-state index contributed by atoms with van der Waals surface area (Å²) in [6.07, 6.45) is 0.749. The molecule has 0 aliphatic carbocycles. The Balaban J connectivity index is 1.79. The zero-order chi connectivity index (χ0) is 13.9. The van der Waals surface area contributed by atoms with Gasteiger partial charge in [-0.2, -0.15) is 0 Å². The first-order chi connectivity index (χ1) is 9.74. The molecule has 0 saturated heterocycles. The number of nitrogens with zero attached hydrogens (tertiary/aromatic N) is 2. The fourth-order valence-electron chi connectivity index (χ4n) is 2.80. The van der Waals surface area contributed by atoms with Gasteiger partial charge >= 0.3 is 0 Å². The van der Waals surface area contributed by atoms with Crippen molar-refractivity contribution in [1.82, 2.24) is 4.90 Å². The number of fused-ring (bicyclic) bond motifs is 1. The van der Waals surface area contributed by atoms with Gasteiger partial charge in [0.15, 0.2) is 0 Å². The molecule has 3 rings (SSSR count). The van der Waals surface area contributed by atoms with E-state index in [2.05, 4.69) is 17.0 Å². The highest BCUT2D eigenvalue weighted by molar-refractivity contribution is 5.46. The van der Waals surface area contributed by atoms with E-state index in [9.17, 15) is 10.1 Å². The van der Waals surface area contributed by atoms with Gasteiger partial charge < -0.3 is 0 Å². The maximum absolute atomic E-state index is 11.0. The van der Waals surface area contributed by atoms with Gasteiger partial charge in [-0.25, -0.2) is 0 Å². The molecule has 4 nitrogen and oxygen atoms in total. The Kier molecular flexibility index (Phi) is 3.48. The Morgan fingerprint density at radius 2 is 1.90 bits per heavy atom. The summed E-state index contributed by atoms with van der Waals surface area (Å²) >= 11 is 0. The molecule has 0 saturated carbocycles.